The van der Waals surface area contributed by atoms with E-state index in [2.05, 4.69) is 0 Å². The molecule has 1 saturated heterocycles. The van der Waals surface area contributed by atoms with E-state index in [0.29, 0.717) is 36.8 Å². The van der Waals surface area contributed by atoms with Gasteiger partial charge in [0.05, 0.1) is 18.4 Å². The molecule has 8 heteroatoms. The molecule has 1 fully saturated rings. The maximum Gasteiger partial charge on any atom is 0.410 e. The monoisotopic (exact) mass is 365 g/mol. The van der Waals surface area contributed by atoms with E-state index in [0.717, 1.165) is 0 Å². The molecule has 144 valence electrons. The lowest BCUT2D eigenvalue weighted by atomic mass is 10.1. The average molecular weight is 365 g/mol. The summed E-state index contributed by atoms with van der Waals surface area (Å²) in [5.74, 6) is -0.662. The van der Waals surface area contributed by atoms with Crippen molar-refractivity contribution in [3.8, 4) is 5.75 Å². The van der Waals surface area contributed by atoms with Crippen molar-refractivity contribution in [1.82, 2.24) is 4.90 Å². The molecular weight excluding hydrogens is 338 g/mol. The molecule has 26 heavy (non-hydrogen) atoms. The summed E-state index contributed by atoms with van der Waals surface area (Å²) < 4.78 is 10.8. The first-order chi connectivity index (χ1) is 12.0. The van der Waals surface area contributed by atoms with Gasteiger partial charge in [0.25, 0.3) is 0 Å². The summed E-state index contributed by atoms with van der Waals surface area (Å²) in [5.41, 5.74) is 6.60. The molecule has 1 amide bonds. The van der Waals surface area contributed by atoms with Crippen LogP contribution in [0.5, 0.6) is 5.75 Å². The summed E-state index contributed by atoms with van der Waals surface area (Å²) >= 11 is 0. The van der Waals surface area contributed by atoms with Crippen LogP contribution in [0.15, 0.2) is 12.1 Å². The highest BCUT2D eigenvalue weighted by Crippen LogP contribution is 2.37. The number of anilines is 2. The van der Waals surface area contributed by atoms with Crippen molar-refractivity contribution < 1.29 is 24.2 Å². The minimum atomic E-state index is -1.07. The number of carboxylic acids is 1. The summed E-state index contributed by atoms with van der Waals surface area (Å²) in [7, 11) is 1.48. The number of benzene rings is 1. The molecule has 1 aromatic rings. The Morgan fingerprint density at radius 1 is 1.27 bits per heavy atom. The van der Waals surface area contributed by atoms with Crippen LogP contribution >= 0.6 is 0 Å². The summed E-state index contributed by atoms with van der Waals surface area (Å²) in [5, 5.41) is 9.18. The Morgan fingerprint density at radius 3 is 2.42 bits per heavy atom. The first-order valence-electron chi connectivity index (χ1n) is 8.49. The second-order valence-corrected chi connectivity index (χ2v) is 7.39. The number of rotatable bonds is 3. The zero-order chi connectivity index (χ0) is 19.6. The van der Waals surface area contributed by atoms with E-state index in [9.17, 15) is 14.7 Å². The largest absolute Gasteiger partial charge is 0.494 e. The van der Waals surface area contributed by atoms with E-state index in [4.69, 9.17) is 15.2 Å². The Labute approximate surface area is 153 Å². The van der Waals surface area contributed by atoms with Gasteiger partial charge < -0.3 is 30.1 Å². The van der Waals surface area contributed by atoms with Crippen molar-refractivity contribution in [2.24, 2.45) is 0 Å². The number of aromatic carboxylic acids is 1. The number of amides is 1. The maximum absolute atomic E-state index is 12.3. The van der Waals surface area contributed by atoms with Gasteiger partial charge in [0.2, 0.25) is 0 Å². The van der Waals surface area contributed by atoms with E-state index in [1.807, 2.05) is 32.6 Å². The third kappa shape index (κ3) is 4.30. The zero-order valence-corrected chi connectivity index (χ0v) is 15.9. The number of hydrogen-bond donors (Lipinski definition) is 2. The van der Waals surface area contributed by atoms with Gasteiger partial charge in [-0.15, -0.1) is 0 Å². The average Bonchev–Trinajstić information content (AvgIpc) is 2.51. The first kappa shape index (κ1) is 19.7. The number of carbonyl (C=O) groups excluding carboxylic acids is 1. The van der Waals surface area contributed by atoms with Crippen molar-refractivity contribution in [3.05, 3.63) is 17.7 Å². The van der Waals surface area contributed by atoms with E-state index in [-0.39, 0.29) is 17.7 Å². The lowest BCUT2D eigenvalue weighted by Gasteiger charge is -2.41. The molecular formula is C18H27N3O5. The zero-order valence-electron chi connectivity index (χ0n) is 15.9. The lowest BCUT2D eigenvalue weighted by Crippen LogP contribution is -2.55. The molecule has 2 rings (SSSR count). The lowest BCUT2D eigenvalue weighted by molar-refractivity contribution is 0.0159. The van der Waals surface area contributed by atoms with Gasteiger partial charge in [-0.1, -0.05) is 0 Å². The van der Waals surface area contributed by atoms with Gasteiger partial charge in [0.1, 0.15) is 17.0 Å². The van der Waals surface area contributed by atoms with Gasteiger partial charge in [-0.2, -0.15) is 0 Å². The van der Waals surface area contributed by atoms with Crippen LogP contribution in [0.2, 0.25) is 0 Å². The van der Waals surface area contributed by atoms with Crippen LogP contribution in [0, 0.1) is 0 Å². The van der Waals surface area contributed by atoms with Gasteiger partial charge >= 0.3 is 12.1 Å². The van der Waals surface area contributed by atoms with Crippen molar-refractivity contribution in [1.29, 1.82) is 0 Å². The van der Waals surface area contributed by atoms with Crippen LogP contribution in [0.25, 0.3) is 0 Å². The predicted molar refractivity (Wildman–Crippen MR) is 99.0 cm³/mol. The standard InChI is InChI=1S/C18H27N3O5/c1-11-10-20(6-7-21(11)17(24)26-18(2,3)4)15-13(19)8-12(16(22)23)9-14(15)25-5/h8-9,11H,6-7,10,19H2,1-5H3,(H,22,23). The predicted octanol–water partition coefficient (Wildman–Crippen LogP) is 2.42. The highest BCUT2D eigenvalue weighted by molar-refractivity contribution is 5.92. The smallest absolute Gasteiger partial charge is 0.410 e. The topological polar surface area (TPSA) is 105 Å². The van der Waals surface area contributed by atoms with E-state index < -0.39 is 11.6 Å². The van der Waals surface area contributed by atoms with Crippen LogP contribution < -0.4 is 15.4 Å². The quantitative estimate of drug-likeness (QED) is 0.793. The van der Waals surface area contributed by atoms with Gasteiger partial charge in [0, 0.05) is 25.7 Å². The number of nitrogens with zero attached hydrogens (tertiary/aromatic N) is 2. The van der Waals surface area contributed by atoms with Crippen LogP contribution in [-0.4, -0.2) is 60.5 Å². The summed E-state index contributed by atoms with van der Waals surface area (Å²) in [6.07, 6.45) is -0.342. The number of hydrogen-bond acceptors (Lipinski definition) is 6. The van der Waals surface area contributed by atoms with E-state index in [1.54, 1.807) is 4.90 Å². The third-order valence-electron chi connectivity index (χ3n) is 4.14. The molecule has 0 spiro atoms. The SMILES string of the molecule is COc1cc(C(=O)O)cc(N)c1N1CCN(C(=O)OC(C)(C)C)C(C)C1. The number of carbonyl (C=O) groups is 2. The molecule has 1 aromatic carbocycles. The van der Waals surface area contributed by atoms with Crippen molar-refractivity contribution >= 4 is 23.4 Å². The number of nitrogen functional groups attached to an aromatic ring is 1. The van der Waals surface area contributed by atoms with E-state index >= 15 is 0 Å². The summed E-state index contributed by atoms with van der Waals surface area (Å²) in [6.45, 7) is 8.98. The highest BCUT2D eigenvalue weighted by Gasteiger charge is 2.32. The van der Waals surface area contributed by atoms with Gasteiger partial charge in [-0.25, -0.2) is 9.59 Å². The van der Waals surface area contributed by atoms with Crippen LogP contribution in [-0.2, 0) is 4.74 Å². The molecule has 8 nitrogen and oxygen atoms in total. The molecule has 0 saturated carbocycles. The normalized spacial score (nSPS) is 17.8. The number of nitrogens with two attached hydrogens (primary N) is 1. The first-order valence-corrected chi connectivity index (χ1v) is 8.49. The summed E-state index contributed by atoms with van der Waals surface area (Å²) in [6, 6.07) is 2.78. The van der Waals surface area contributed by atoms with Crippen molar-refractivity contribution in [2.45, 2.75) is 39.3 Å². The Morgan fingerprint density at radius 2 is 1.92 bits per heavy atom. The molecule has 0 aromatic heterocycles. The van der Waals surface area contributed by atoms with Crippen LogP contribution in [0.1, 0.15) is 38.1 Å². The molecule has 1 unspecified atom stereocenters. The second kappa shape index (κ2) is 7.31. The van der Waals surface area contributed by atoms with Gasteiger partial charge in [-0.05, 0) is 39.8 Å². The van der Waals surface area contributed by atoms with E-state index in [1.165, 1.54) is 19.2 Å². The minimum Gasteiger partial charge on any atom is -0.494 e. The fourth-order valence-electron chi connectivity index (χ4n) is 3.00. The number of ether oxygens (including phenoxy) is 2. The summed E-state index contributed by atoms with van der Waals surface area (Å²) in [4.78, 5) is 27.3. The molecule has 1 aliphatic rings. The fourth-order valence-corrected chi connectivity index (χ4v) is 3.00. The van der Waals surface area contributed by atoms with Crippen LogP contribution in [0.3, 0.4) is 0 Å². The van der Waals surface area contributed by atoms with Crippen LogP contribution in [0.4, 0.5) is 16.2 Å². The molecule has 0 radical (unpaired) electrons. The van der Waals surface area contributed by atoms with Gasteiger partial charge in [0.15, 0.2) is 0 Å². The second-order valence-electron chi connectivity index (χ2n) is 7.39. The molecule has 1 aliphatic heterocycles. The third-order valence-corrected chi connectivity index (χ3v) is 4.14. The fraction of sp³-hybridized carbons (Fsp3) is 0.556. The highest BCUT2D eigenvalue weighted by atomic mass is 16.6. The Balaban J connectivity index is 2.21. The van der Waals surface area contributed by atoms with Crippen molar-refractivity contribution in [2.75, 3.05) is 37.4 Å². The Kier molecular flexibility index (Phi) is 5.53. The molecule has 0 bridgehead atoms. The minimum absolute atomic E-state index is 0.0727. The Bertz CT molecular complexity index is 699. The molecule has 0 aliphatic carbocycles. The maximum atomic E-state index is 12.3. The molecule has 1 heterocycles. The Hall–Kier alpha value is -2.64. The number of piperazine rings is 1. The van der Waals surface area contributed by atoms with Gasteiger partial charge in [-0.3, -0.25) is 0 Å². The van der Waals surface area contributed by atoms with Crippen molar-refractivity contribution in [3.63, 3.8) is 0 Å². The molecule has 3 N–H and O–H groups in total. The molecule has 1 atom stereocenters. The number of methoxy groups -OCH3 is 1. The number of carboxylic acid groups (broad SMARTS) is 1.